The summed E-state index contributed by atoms with van der Waals surface area (Å²) in [7, 11) is 0. The normalized spacial score (nSPS) is 13.9. The molecule has 0 unspecified atom stereocenters. The van der Waals surface area contributed by atoms with Crippen molar-refractivity contribution >= 4 is 17.4 Å². The van der Waals surface area contributed by atoms with Gasteiger partial charge in [0.2, 0.25) is 0 Å². The van der Waals surface area contributed by atoms with Crippen LogP contribution in [-0.4, -0.2) is 52.8 Å². The van der Waals surface area contributed by atoms with Gasteiger partial charge in [0.25, 0.3) is 11.8 Å². The lowest BCUT2D eigenvalue weighted by Crippen LogP contribution is -2.36. The van der Waals surface area contributed by atoms with Gasteiger partial charge in [-0.05, 0) is 61.1 Å². The molecule has 33 heavy (non-hydrogen) atoms. The molecule has 1 aromatic carbocycles. The highest BCUT2D eigenvalue weighted by molar-refractivity contribution is 6.35. The van der Waals surface area contributed by atoms with Gasteiger partial charge < -0.3 is 9.64 Å². The Morgan fingerprint density at radius 3 is 2.30 bits per heavy atom. The number of imide groups is 1. The Morgan fingerprint density at radius 1 is 1.00 bits per heavy atom. The number of rotatable bonds is 12. The number of likely N-dealkylation sites (N-methyl/N-ethyl adjacent to an activating group) is 1. The van der Waals surface area contributed by atoms with Crippen LogP contribution in [0.4, 0.5) is 0 Å². The highest BCUT2D eigenvalue weighted by Crippen LogP contribution is 2.33. The van der Waals surface area contributed by atoms with Crippen LogP contribution in [0.25, 0.3) is 5.57 Å². The molecule has 6 heteroatoms. The average Bonchev–Trinajstić information content (AvgIpc) is 3.07. The SMILES string of the molecule is CCCCN1C(=O)C(c2ccc(OCC(C)C)cc2)=C(N(CC)CCc2ccncc2)C1=O. The van der Waals surface area contributed by atoms with Crippen LogP contribution in [0.2, 0.25) is 0 Å². The van der Waals surface area contributed by atoms with Crippen LogP contribution in [0.1, 0.15) is 51.7 Å². The average molecular weight is 450 g/mol. The van der Waals surface area contributed by atoms with E-state index in [0.717, 1.165) is 36.1 Å². The number of hydrogen-bond acceptors (Lipinski definition) is 5. The van der Waals surface area contributed by atoms with E-state index in [0.29, 0.717) is 43.4 Å². The van der Waals surface area contributed by atoms with Crippen LogP contribution < -0.4 is 4.74 Å². The van der Waals surface area contributed by atoms with Crippen molar-refractivity contribution in [3.05, 3.63) is 65.6 Å². The fraction of sp³-hybridized carbons (Fsp3) is 0.444. The first kappa shape index (κ1) is 24.5. The number of carbonyl (C=O) groups is 2. The maximum absolute atomic E-state index is 13.4. The zero-order chi connectivity index (χ0) is 23.8. The highest BCUT2D eigenvalue weighted by atomic mass is 16.5. The van der Waals surface area contributed by atoms with Crippen molar-refractivity contribution in [2.75, 3.05) is 26.2 Å². The molecule has 0 aliphatic carbocycles. The first-order valence-electron chi connectivity index (χ1n) is 11.9. The highest BCUT2D eigenvalue weighted by Gasteiger charge is 2.40. The van der Waals surface area contributed by atoms with Crippen LogP contribution in [0.3, 0.4) is 0 Å². The van der Waals surface area contributed by atoms with Gasteiger partial charge in [0.15, 0.2) is 0 Å². The van der Waals surface area contributed by atoms with E-state index in [1.807, 2.05) is 48.2 Å². The van der Waals surface area contributed by atoms with E-state index in [1.54, 1.807) is 12.4 Å². The molecule has 1 aliphatic rings. The number of amides is 2. The Labute approximate surface area is 197 Å². The van der Waals surface area contributed by atoms with Gasteiger partial charge in [0, 0.05) is 32.0 Å². The number of unbranched alkanes of at least 4 members (excludes halogenated alkanes) is 1. The van der Waals surface area contributed by atoms with E-state index in [1.165, 1.54) is 4.90 Å². The van der Waals surface area contributed by atoms with Crippen molar-refractivity contribution in [3.8, 4) is 5.75 Å². The second-order valence-electron chi connectivity index (χ2n) is 8.75. The van der Waals surface area contributed by atoms with Crippen molar-refractivity contribution < 1.29 is 14.3 Å². The Bertz CT molecular complexity index is 968. The molecule has 0 N–H and O–H groups in total. The molecule has 176 valence electrons. The lowest BCUT2D eigenvalue weighted by atomic mass is 10.0. The number of aromatic nitrogens is 1. The minimum absolute atomic E-state index is 0.194. The van der Waals surface area contributed by atoms with Gasteiger partial charge in [0.05, 0.1) is 12.2 Å². The first-order chi connectivity index (χ1) is 16.0. The standard InChI is InChI=1S/C27H35N3O3/c1-5-7-17-30-26(31)24(22-8-10-23(11-9-22)33-19-20(3)4)25(27(30)32)29(6-2)18-14-21-12-15-28-16-13-21/h8-13,15-16,20H,5-7,14,17-19H2,1-4H3. The summed E-state index contributed by atoms with van der Waals surface area (Å²) in [6, 6.07) is 11.5. The Hall–Kier alpha value is -3.15. The van der Waals surface area contributed by atoms with Gasteiger partial charge in [0.1, 0.15) is 11.4 Å². The van der Waals surface area contributed by atoms with Crippen LogP contribution in [0, 0.1) is 5.92 Å². The predicted octanol–water partition coefficient (Wildman–Crippen LogP) is 4.56. The third-order valence-corrected chi connectivity index (χ3v) is 5.72. The van der Waals surface area contributed by atoms with Gasteiger partial charge in [-0.25, -0.2) is 0 Å². The predicted molar refractivity (Wildman–Crippen MR) is 131 cm³/mol. The van der Waals surface area contributed by atoms with Gasteiger partial charge in [-0.2, -0.15) is 0 Å². The van der Waals surface area contributed by atoms with E-state index >= 15 is 0 Å². The molecule has 1 aromatic heterocycles. The van der Waals surface area contributed by atoms with E-state index in [-0.39, 0.29) is 11.8 Å². The smallest absolute Gasteiger partial charge is 0.277 e. The number of pyridine rings is 1. The van der Waals surface area contributed by atoms with E-state index in [9.17, 15) is 9.59 Å². The molecule has 0 fully saturated rings. The molecule has 0 saturated carbocycles. The van der Waals surface area contributed by atoms with Gasteiger partial charge in [-0.3, -0.25) is 19.5 Å². The maximum Gasteiger partial charge on any atom is 0.277 e. The van der Waals surface area contributed by atoms with E-state index < -0.39 is 0 Å². The first-order valence-corrected chi connectivity index (χ1v) is 11.9. The summed E-state index contributed by atoms with van der Waals surface area (Å²) in [6.07, 6.45) is 6.03. The topological polar surface area (TPSA) is 62.7 Å². The molecule has 0 bridgehead atoms. The molecule has 2 aromatic rings. The van der Waals surface area contributed by atoms with Crippen molar-refractivity contribution in [1.82, 2.24) is 14.8 Å². The van der Waals surface area contributed by atoms with Crippen molar-refractivity contribution in [2.24, 2.45) is 5.92 Å². The summed E-state index contributed by atoms with van der Waals surface area (Å²) >= 11 is 0. The summed E-state index contributed by atoms with van der Waals surface area (Å²) in [4.78, 5) is 34.4. The van der Waals surface area contributed by atoms with Crippen molar-refractivity contribution in [2.45, 2.75) is 47.0 Å². The second-order valence-corrected chi connectivity index (χ2v) is 8.75. The van der Waals surface area contributed by atoms with Crippen LogP contribution >= 0.6 is 0 Å². The van der Waals surface area contributed by atoms with Gasteiger partial charge in [-0.15, -0.1) is 0 Å². The number of carbonyl (C=O) groups excluding carboxylic acids is 2. The van der Waals surface area contributed by atoms with Crippen LogP contribution in [-0.2, 0) is 16.0 Å². The monoisotopic (exact) mass is 449 g/mol. The second kappa shape index (κ2) is 11.6. The van der Waals surface area contributed by atoms with Gasteiger partial charge >= 0.3 is 0 Å². The molecular weight excluding hydrogens is 414 g/mol. The van der Waals surface area contributed by atoms with Crippen molar-refractivity contribution in [3.63, 3.8) is 0 Å². The number of nitrogens with zero attached hydrogens (tertiary/aromatic N) is 3. The fourth-order valence-electron chi connectivity index (χ4n) is 3.86. The molecule has 0 saturated heterocycles. The van der Waals surface area contributed by atoms with Crippen molar-refractivity contribution in [1.29, 1.82) is 0 Å². The maximum atomic E-state index is 13.4. The minimum Gasteiger partial charge on any atom is -0.493 e. The number of hydrogen-bond donors (Lipinski definition) is 0. The van der Waals surface area contributed by atoms with Gasteiger partial charge in [-0.1, -0.05) is 39.3 Å². The fourth-order valence-corrected chi connectivity index (χ4v) is 3.86. The molecule has 2 amide bonds. The summed E-state index contributed by atoms with van der Waals surface area (Å²) in [6.45, 7) is 10.6. The van der Waals surface area contributed by atoms with Crippen LogP contribution in [0.15, 0.2) is 54.5 Å². The van der Waals surface area contributed by atoms with Crippen LogP contribution in [0.5, 0.6) is 5.75 Å². The lowest BCUT2D eigenvalue weighted by molar-refractivity contribution is -0.137. The summed E-state index contributed by atoms with van der Waals surface area (Å²) < 4.78 is 5.80. The summed E-state index contributed by atoms with van der Waals surface area (Å²) in [5.41, 5.74) is 2.89. The van der Waals surface area contributed by atoms with E-state index in [2.05, 4.69) is 25.8 Å². The quantitative estimate of drug-likeness (QED) is 0.445. The molecule has 0 spiro atoms. The third-order valence-electron chi connectivity index (χ3n) is 5.72. The molecule has 0 atom stereocenters. The molecule has 0 radical (unpaired) electrons. The Morgan fingerprint density at radius 2 is 1.70 bits per heavy atom. The number of benzene rings is 1. The zero-order valence-electron chi connectivity index (χ0n) is 20.2. The summed E-state index contributed by atoms with van der Waals surface area (Å²) in [5, 5.41) is 0. The zero-order valence-corrected chi connectivity index (χ0v) is 20.2. The molecule has 1 aliphatic heterocycles. The third kappa shape index (κ3) is 6.01. The Kier molecular flexibility index (Phi) is 8.64. The molecule has 6 nitrogen and oxygen atoms in total. The largest absolute Gasteiger partial charge is 0.493 e. The van der Waals surface area contributed by atoms with E-state index in [4.69, 9.17) is 4.74 Å². The lowest BCUT2D eigenvalue weighted by Gasteiger charge is -2.25. The Balaban J connectivity index is 1.92. The molecular formula is C27H35N3O3. The molecule has 2 heterocycles. The summed E-state index contributed by atoms with van der Waals surface area (Å²) in [5.74, 6) is 0.791. The number of ether oxygens (including phenoxy) is 1. The molecule has 3 rings (SSSR count). The minimum atomic E-state index is -0.207.